The minimum absolute atomic E-state index is 0. The number of rotatable bonds is 0. The van der Waals surface area contributed by atoms with Crippen LogP contribution in [-0.2, 0) is 0 Å². The number of fused-ring (bicyclic) bond motifs is 1. The molecule has 3 aliphatic rings. The van der Waals surface area contributed by atoms with Gasteiger partial charge in [-0.1, -0.05) is 29.7 Å². The zero-order chi connectivity index (χ0) is 26.2. The smallest absolute Gasteiger partial charge is 0.0982 e. The van der Waals surface area contributed by atoms with E-state index in [9.17, 15) is 0 Å². The Morgan fingerprint density at radius 2 is 0.711 bits per heavy atom. The van der Waals surface area contributed by atoms with Crippen molar-refractivity contribution in [2.45, 2.75) is 123 Å². The number of hydrogen-bond acceptors (Lipinski definition) is 6. The van der Waals surface area contributed by atoms with Crippen LogP contribution >= 0.6 is 0 Å². The molecule has 1 aromatic carbocycles. The second-order valence-corrected chi connectivity index (χ2v) is 10.7. The molecule has 1 saturated heterocycles. The fraction of sp³-hybridized carbons (Fsp3) is 0.750. The number of nitrogens with zero attached hydrogens (tertiary/aromatic N) is 6. The molecule has 0 bridgehead atoms. The van der Waals surface area contributed by atoms with E-state index in [1.165, 1.54) is 33.9 Å². The summed E-state index contributed by atoms with van der Waals surface area (Å²) in [5, 5.41) is 0. The molecule has 0 radical (unpaired) electrons. The zero-order valence-corrected chi connectivity index (χ0v) is 24.7. The Labute approximate surface area is 240 Å². The van der Waals surface area contributed by atoms with Gasteiger partial charge >= 0.3 is 0 Å². The summed E-state index contributed by atoms with van der Waals surface area (Å²) in [5.41, 5.74) is 8.22. The quantitative estimate of drug-likeness (QED) is 0.339. The molecule has 2 unspecified atom stereocenters. The number of aryl methyl sites for hydroxylation is 2. The largest absolute Gasteiger partial charge is 0.357 e. The molecule has 1 fully saturated rings. The van der Waals surface area contributed by atoms with Crippen LogP contribution in [0, 0.1) is 13.8 Å². The monoisotopic (exact) mass is 537 g/mol. The van der Waals surface area contributed by atoms with E-state index in [2.05, 4.69) is 146 Å². The van der Waals surface area contributed by atoms with Gasteiger partial charge in [0.1, 0.15) is 0 Å². The van der Waals surface area contributed by atoms with Crippen LogP contribution in [0.3, 0.4) is 0 Å². The van der Waals surface area contributed by atoms with Gasteiger partial charge in [-0.3, -0.25) is 9.80 Å². The standard InChI is InChI=1S/C12H18N2.C8H18N2.C8H16N2.4CH4/c1-8-6-11-12(7-9(8)2)14(5)10(3)13(11)4;2*1-6-7(2)10(5)8(3)9(6)4;;;;/h6-7,10H,1-5H3;6-8H,1-5H3;8H,1-5H3;4*1H4. The lowest BCUT2D eigenvalue weighted by Crippen LogP contribution is -2.35. The minimum atomic E-state index is 0. The Morgan fingerprint density at radius 3 is 0.895 bits per heavy atom. The average molecular weight is 537 g/mol. The SMILES string of the molecule is C.C.C.C.CC1=C(C)N(C)C(C)N1C.CC1C(C)N(C)C(C)N1C.Cc1cc2c(cc1C)N(C)C(C)N2C. The van der Waals surface area contributed by atoms with Crippen LogP contribution in [0.15, 0.2) is 23.5 Å². The van der Waals surface area contributed by atoms with E-state index in [1.54, 1.807) is 0 Å². The molecule has 2 atom stereocenters. The molecule has 0 saturated carbocycles. The highest BCUT2D eigenvalue weighted by atomic mass is 15.4. The van der Waals surface area contributed by atoms with E-state index in [0.717, 1.165) is 0 Å². The summed E-state index contributed by atoms with van der Waals surface area (Å²) in [7, 11) is 13.0. The summed E-state index contributed by atoms with van der Waals surface area (Å²) in [4.78, 5) is 14.0. The molecule has 4 rings (SSSR count). The van der Waals surface area contributed by atoms with E-state index in [0.29, 0.717) is 30.6 Å². The number of benzene rings is 1. The van der Waals surface area contributed by atoms with Crippen molar-refractivity contribution in [3.05, 3.63) is 34.7 Å². The van der Waals surface area contributed by atoms with Crippen LogP contribution < -0.4 is 9.80 Å². The number of anilines is 2. The number of likely N-dealkylation sites (N-methyl/N-ethyl adjacent to an activating group) is 2. The lowest BCUT2D eigenvalue weighted by atomic mass is 10.1. The second kappa shape index (κ2) is 15.6. The Bertz CT molecular complexity index is 783. The minimum Gasteiger partial charge on any atom is -0.357 e. The molecule has 3 aliphatic heterocycles. The van der Waals surface area contributed by atoms with Gasteiger partial charge in [0, 0.05) is 51.7 Å². The fourth-order valence-electron chi connectivity index (χ4n) is 4.99. The third-order valence-corrected chi connectivity index (χ3v) is 9.34. The van der Waals surface area contributed by atoms with E-state index in [-0.39, 0.29) is 29.7 Å². The molecule has 6 heteroatoms. The first-order chi connectivity index (χ1) is 15.6. The highest BCUT2D eigenvalue weighted by Crippen LogP contribution is 2.39. The van der Waals surface area contributed by atoms with Crippen molar-refractivity contribution in [2.75, 3.05) is 52.1 Å². The van der Waals surface area contributed by atoms with Gasteiger partial charge in [0.2, 0.25) is 0 Å². The maximum absolute atomic E-state index is 2.41. The summed E-state index contributed by atoms with van der Waals surface area (Å²) in [6, 6.07) is 5.95. The Morgan fingerprint density at radius 1 is 0.447 bits per heavy atom. The number of hydrogen-bond donors (Lipinski definition) is 0. The summed E-state index contributed by atoms with van der Waals surface area (Å²) >= 11 is 0. The van der Waals surface area contributed by atoms with Gasteiger partial charge in [0.05, 0.1) is 29.9 Å². The average Bonchev–Trinajstić information content (AvgIpc) is 3.20. The summed E-state index contributed by atoms with van der Waals surface area (Å²) < 4.78 is 0. The summed E-state index contributed by atoms with van der Waals surface area (Å²) in [6.45, 7) is 19.9. The molecule has 6 nitrogen and oxygen atoms in total. The molecule has 226 valence electrons. The van der Waals surface area contributed by atoms with Gasteiger partial charge in [-0.15, -0.1) is 0 Å². The van der Waals surface area contributed by atoms with Crippen LogP contribution in [-0.4, -0.2) is 92.5 Å². The molecule has 38 heavy (non-hydrogen) atoms. The van der Waals surface area contributed by atoms with E-state index < -0.39 is 0 Å². The molecule has 0 N–H and O–H groups in total. The van der Waals surface area contributed by atoms with E-state index in [1.807, 2.05) is 0 Å². The van der Waals surface area contributed by atoms with Crippen LogP contribution in [0.2, 0.25) is 0 Å². The van der Waals surface area contributed by atoms with Crippen LogP contribution in [0.5, 0.6) is 0 Å². The molecule has 0 amide bonds. The van der Waals surface area contributed by atoms with E-state index >= 15 is 0 Å². The van der Waals surface area contributed by atoms with Gasteiger partial charge in [-0.2, -0.15) is 0 Å². The van der Waals surface area contributed by atoms with Crippen LogP contribution in [0.25, 0.3) is 0 Å². The predicted octanol–water partition coefficient (Wildman–Crippen LogP) is 7.53. The predicted molar refractivity (Wildman–Crippen MR) is 176 cm³/mol. The van der Waals surface area contributed by atoms with Gasteiger partial charge in [-0.25, -0.2) is 0 Å². The molecule has 0 spiro atoms. The van der Waals surface area contributed by atoms with Gasteiger partial charge in [0.25, 0.3) is 0 Å². The Hall–Kier alpha value is -1.92. The number of allylic oxidation sites excluding steroid dienone is 2. The van der Waals surface area contributed by atoms with Crippen molar-refractivity contribution in [1.29, 1.82) is 0 Å². The molecule has 1 aromatic rings. The topological polar surface area (TPSA) is 19.4 Å². The summed E-state index contributed by atoms with van der Waals surface area (Å²) in [6.07, 6.45) is 1.59. The van der Waals surface area contributed by atoms with Crippen molar-refractivity contribution < 1.29 is 0 Å². The molecule has 0 aromatic heterocycles. The Kier molecular flexibility index (Phi) is 16.7. The molecule has 0 aliphatic carbocycles. The highest BCUT2D eigenvalue weighted by molar-refractivity contribution is 5.78. The van der Waals surface area contributed by atoms with Crippen molar-refractivity contribution in [3.8, 4) is 0 Å². The molecule has 3 heterocycles. The maximum Gasteiger partial charge on any atom is 0.0982 e. The Balaban J connectivity index is -0.000000469. The van der Waals surface area contributed by atoms with Crippen molar-refractivity contribution in [2.24, 2.45) is 0 Å². The molecular formula is C32H68N6. The first-order valence-electron chi connectivity index (χ1n) is 12.8. The first kappa shape index (κ1) is 40.6. The maximum atomic E-state index is 2.41. The van der Waals surface area contributed by atoms with Gasteiger partial charge in [-0.05, 0) is 99.7 Å². The van der Waals surface area contributed by atoms with Crippen molar-refractivity contribution >= 4 is 11.4 Å². The normalized spacial score (nSPS) is 23.4. The second-order valence-electron chi connectivity index (χ2n) is 10.7. The van der Waals surface area contributed by atoms with Crippen molar-refractivity contribution in [1.82, 2.24) is 19.6 Å². The lowest BCUT2D eigenvalue weighted by molar-refractivity contribution is 0.185. The van der Waals surface area contributed by atoms with Gasteiger partial charge in [0.15, 0.2) is 0 Å². The van der Waals surface area contributed by atoms with Crippen LogP contribution in [0.4, 0.5) is 11.4 Å². The van der Waals surface area contributed by atoms with Crippen LogP contribution in [0.1, 0.15) is 89.3 Å². The third kappa shape index (κ3) is 7.59. The fourth-order valence-corrected chi connectivity index (χ4v) is 4.99. The highest BCUT2D eigenvalue weighted by Gasteiger charge is 2.34. The van der Waals surface area contributed by atoms with Gasteiger partial charge < -0.3 is 19.6 Å². The molecular weight excluding hydrogens is 468 g/mol. The lowest BCUT2D eigenvalue weighted by Gasteiger charge is -2.25. The van der Waals surface area contributed by atoms with Crippen molar-refractivity contribution in [3.63, 3.8) is 0 Å². The third-order valence-electron chi connectivity index (χ3n) is 9.34. The summed E-state index contributed by atoms with van der Waals surface area (Å²) in [5.74, 6) is 0. The van der Waals surface area contributed by atoms with E-state index in [4.69, 9.17) is 0 Å². The zero-order valence-electron chi connectivity index (χ0n) is 24.7. The first-order valence-corrected chi connectivity index (χ1v) is 12.8.